The molecule has 1 N–H and O–H groups in total. The van der Waals surface area contributed by atoms with Crippen molar-refractivity contribution in [1.29, 1.82) is 0 Å². The molecule has 0 bridgehead atoms. The van der Waals surface area contributed by atoms with E-state index in [1.807, 2.05) is 6.92 Å². The van der Waals surface area contributed by atoms with Crippen molar-refractivity contribution in [3.05, 3.63) is 48.0 Å². The highest BCUT2D eigenvalue weighted by molar-refractivity contribution is 7.89. The smallest absolute Gasteiger partial charge is 0.255 e. The molecule has 0 fully saturated rings. The second-order valence-corrected chi connectivity index (χ2v) is 8.10. The molecule has 2 aromatic rings. The summed E-state index contributed by atoms with van der Waals surface area (Å²) in [6, 6.07) is 11.3. The fraction of sp³-hybridized carbons (Fsp3) is 0.316. The van der Waals surface area contributed by atoms with E-state index >= 15 is 0 Å². The van der Waals surface area contributed by atoms with E-state index in [-0.39, 0.29) is 16.2 Å². The van der Waals surface area contributed by atoms with Crippen LogP contribution in [-0.4, -0.2) is 46.4 Å². The van der Waals surface area contributed by atoms with E-state index in [4.69, 9.17) is 9.47 Å². The molecule has 1 amide bonds. The molecule has 0 aliphatic carbocycles. The first-order valence-corrected chi connectivity index (χ1v) is 9.88. The first kappa shape index (κ1) is 20.7. The van der Waals surface area contributed by atoms with Crippen LogP contribution in [0.3, 0.4) is 0 Å². The van der Waals surface area contributed by atoms with Crippen LogP contribution in [0.4, 0.5) is 5.69 Å². The number of benzene rings is 2. The van der Waals surface area contributed by atoms with Crippen molar-refractivity contribution in [1.82, 2.24) is 4.31 Å². The summed E-state index contributed by atoms with van der Waals surface area (Å²) in [5.41, 5.74) is 0.762. The Balaban J connectivity index is 2.29. The Labute approximate surface area is 160 Å². The molecule has 27 heavy (non-hydrogen) atoms. The minimum Gasteiger partial charge on any atom is -0.495 e. The number of sulfonamides is 1. The number of rotatable bonds is 8. The van der Waals surface area contributed by atoms with Crippen LogP contribution in [0.2, 0.25) is 0 Å². The van der Waals surface area contributed by atoms with Gasteiger partial charge in [-0.25, -0.2) is 12.7 Å². The minimum absolute atomic E-state index is 0.0670. The van der Waals surface area contributed by atoms with Gasteiger partial charge in [-0.1, -0.05) is 13.0 Å². The maximum atomic E-state index is 12.6. The summed E-state index contributed by atoms with van der Waals surface area (Å²) in [6.45, 7) is 2.59. The molecule has 0 unspecified atom stereocenters. The van der Waals surface area contributed by atoms with Crippen LogP contribution in [0, 0.1) is 0 Å². The number of hydrogen-bond acceptors (Lipinski definition) is 5. The van der Waals surface area contributed by atoms with E-state index in [1.165, 1.54) is 39.4 Å². The summed E-state index contributed by atoms with van der Waals surface area (Å²) in [5, 5.41) is 2.75. The van der Waals surface area contributed by atoms with E-state index in [2.05, 4.69) is 5.32 Å². The number of amides is 1. The maximum Gasteiger partial charge on any atom is 0.255 e. The quantitative estimate of drug-likeness (QED) is 0.746. The number of methoxy groups -OCH3 is 1. The van der Waals surface area contributed by atoms with Gasteiger partial charge in [-0.05, 0) is 36.8 Å². The lowest BCUT2D eigenvalue weighted by atomic mass is 10.2. The van der Waals surface area contributed by atoms with Crippen molar-refractivity contribution in [2.75, 3.05) is 33.1 Å². The number of nitrogens with zero attached hydrogens (tertiary/aromatic N) is 1. The zero-order valence-corrected chi connectivity index (χ0v) is 16.7. The Kier molecular flexibility index (Phi) is 6.81. The maximum absolute atomic E-state index is 12.6. The molecular formula is C19H24N2O5S. The highest BCUT2D eigenvalue weighted by Crippen LogP contribution is 2.27. The van der Waals surface area contributed by atoms with Gasteiger partial charge in [0.05, 0.1) is 13.7 Å². The first-order chi connectivity index (χ1) is 12.8. The second-order valence-electron chi connectivity index (χ2n) is 5.98. The highest BCUT2D eigenvalue weighted by atomic mass is 32.2. The van der Waals surface area contributed by atoms with Crippen molar-refractivity contribution in [2.24, 2.45) is 0 Å². The molecule has 0 saturated heterocycles. The van der Waals surface area contributed by atoms with Crippen LogP contribution in [0.15, 0.2) is 47.4 Å². The van der Waals surface area contributed by atoms with Gasteiger partial charge >= 0.3 is 0 Å². The van der Waals surface area contributed by atoms with Crippen LogP contribution < -0.4 is 14.8 Å². The molecule has 0 aliphatic heterocycles. The SMILES string of the molecule is CCCOc1cccc(NC(=O)c2ccc(OC)c(S(=O)(=O)N(C)C)c2)c1. The molecule has 0 heterocycles. The standard InChI is InChI=1S/C19H24N2O5S/c1-5-11-26-16-8-6-7-15(13-16)20-19(22)14-9-10-17(25-4)18(12-14)27(23,24)21(2)3/h6-10,12-13H,5,11H2,1-4H3,(H,20,22). The number of hydrogen-bond donors (Lipinski definition) is 1. The third kappa shape index (κ3) is 4.99. The molecule has 7 nitrogen and oxygen atoms in total. The lowest BCUT2D eigenvalue weighted by Gasteiger charge is -2.15. The van der Waals surface area contributed by atoms with E-state index in [0.29, 0.717) is 18.0 Å². The average molecular weight is 392 g/mol. The average Bonchev–Trinajstić information content (AvgIpc) is 2.65. The molecule has 0 radical (unpaired) electrons. The highest BCUT2D eigenvalue weighted by Gasteiger charge is 2.24. The Hall–Kier alpha value is -2.58. The van der Waals surface area contributed by atoms with Crippen LogP contribution in [0.1, 0.15) is 23.7 Å². The van der Waals surface area contributed by atoms with E-state index in [0.717, 1.165) is 10.7 Å². The Bertz CT molecular complexity index is 910. The van der Waals surface area contributed by atoms with Gasteiger partial charge < -0.3 is 14.8 Å². The lowest BCUT2D eigenvalue weighted by molar-refractivity contribution is 0.102. The summed E-state index contributed by atoms with van der Waals surface area (Å²) >= 11 is 0. The molecule has 0 saturated carbocycles. The molecule has 0 aromatic heterocycles. The third-order valence-corrected chi connectivity index (χ3v) is 5.59. The number of nitrogens with one attached hydrogen (secondary N) is 1. The van der Waals surface area contributed by atoms with Crippen molar-refractivity contribution in [3.8, 4) is 11.5 Å². The van der Waals surface area contributed by atoms with E-state index in [9.17, 15) is 13.2 Å². The van der Waals surface area contributed by atoms with Crippen molar-refractivity contribution < 1.29 is 22.7 Å². The first-order valence-electron chi connectivity index (χ1n) is 8.44. The topological polar surface area (TPSA) is 84.9 Å². The summed E-state index contributed by atoms with van der Waals surface area (Å²) in [6.07, 6.45) is 0.881. The van der Waals surface area contributed by atoms with Gasteiger partial charge in [0.15, 0.2) is 0 Å². The molecule has 0 spiro atoms. The zero-order chi connectivity index (χ0) is 20.0. The number of ether oxygens (including phenoxy) is 2. The molecule has 2 aromatic carbocycles. The van der Waals surface area contributed by atoms with Crippen LogP contribution in [0.25, 0.3) is 0 Å². The zero-order valence-electron chi connectivity index (χ0n) is 15.9. The van der Waals surface area contributed by atoms with Crippen molar-refractivity contribution >= 4 is 21.6 Å². The van der Waals surface area contributed by atoms with Gasteiger partial charge in [0.25, 0.3) is 5.91 Å². The van der Waals surface area contributed by atoms with Gasteiger partial charge in [-0.3, -0.25) is 4.79 Å². The number of carbonyl (C=O) groups excluding carboxylic acids is 1. The number of carbonyl (C=O) groups is 1. The van der Waals surface area contributed by atoms with Crippen molar-refractivity contribution in [3.63, 3.8) is 0 Å². The Morgan fingerprint density at radius 3 is 2.52 bits per heavy atom. The molecule has 146 valence electrons. The predicted molar refractivity (Wildman–Crippen MR) is 104 cm³/mol. The van der Waals surface area contributed by atoms with Crippen LogP contribution >= 0.6 is 0 Å². The monoisotopic (exact) mass is 392 g/mol. The third-order valence-electron chi connectivity index (χ3n) is 3.75. The van der Waals surface area contributed by atoms with E-state index < -0.39 is 15.9 Å². The Morgan fingerprint density at radius 1 is 1.15 bits per heavy atom. The predicted octanol–water partition coefficient (Wildman–Crippen LogP) is 2.99. The molecule has 0 aliphatic rings. The summed E-state index contributed by atoms with van der Waals surface area (Å²) in [7, 11) is 0.463. The fourth-order valence-corrected chi connectivity index (χ4v) is 3.38. The lowest BCUT2D eigenvalue weighted by Crippen LogP contribution is -2.23. The normalized spacial score (nSPS) is 11.3. The molecule has 8 heteroatoms. The fourth-order valence-electron chi connectivity index (χ4n) is 2.30. The van der Waals surface area contributed by atoms with Gasteiger partial charge in [-0.15, -0.1) is 0 Å². The van der Waals surface area contributed by atoms with E-state index in [1.54, 1.807) is 24.3 Å². The number of anilines is 1. The summed E-state index contributed by atoms with van der Waals surface area (Å²) in [5.74, 6) is 0.399. The van der Waals surface area contributed by atoms with Crippen molar-refractivity contribution in [2.45, 2.75) is 18.2 Å². The summed E-state index contributed by atoms with van der Waals surface area (Å²) in [4.78, 5) is 12.5. The van der Waals surface area contributed by atoms with Gasteiger partial charge in [0.1, 0.15) is 16.4 Å². The van der Waals surface area contributed by atoms with Gasteiger partial charge in [-0.2, -0.15) is 0 Å². The van der Waals surface area contributed by atoms with Gasteiger partial charge in [0.2, 0.25) is 10.0 Å². The van der Waals surface area contributed by atoms with Gasteiger partial charge in [0, 0.05) is 31.4 Å². The summed E-state index contributed by atoms with van der Waals surface area (Å²) < 4.78 is 36.7. The molecule has 2 rings (SSSR count). The minimum atomic E-state index is -3.76. The van der Waals surface area contributed by atoms with Crippen LogP contribution in [-0.2, 0) is 10.0 Å². The Morgan fingerprint density at radius 2 is 1.89 bits per heavy atom. The molecule has 0 atom stereocenters. The second kappa shape index (κ2) is 8.88. The molecular weight excluding hydrogens is 368 g/mol. The largest absolute Gasteiger partial charge is 0.495 e. The van der Waals surface area contributed by atoms with Crippen LogP contribution in [0.5, 0.6) is 11.5 Å².